The third-order valence-corrected chi connectivity index (χ3v) is 2.48. The van der Waals surface area contributed by atoms with Crippen LogP contribution in [0, 0.1) is 0 Å². The van der Waals surface area contributed by atoms with Crippen molar-refractivity contribution in [2.45, 2.75) is 6.42 Å². The van der Waals surface area contributed by atoms with Crippen molar-refractivity contribution < 1.29 is 9.90 Å². The molecule has 1 amide bonds. The lowest BCUT2D eigenvalue weighted by atomic mass is 10.1. The minimum atomic E-state index is -0.0709. The van der Waals surface area contributed by atoms with Crippen molar-refractivity contribution in [1.82, 2.24) is 0 Å². The maximum absolute atomic E-state index is 10.9. The molecule has 2 N–H and O–H groups in total. The predicted octanol–water partition coefficient (Wildman–Crippen LogP) is 1.65. The molecular weight excluding hydrogens is 222 g/mol. The molecule has 1 aromatic rings. The van der Waals surface area contributed by atoms with Crippen molar-refractivity contribution in [2.75, 3.05) is 5.32 Å². The lowest BCUT2D eigenvalue weighted by molar-refractivity contribution is -0.115. The van der Waals surface area contributed by atoms with E-state index >= 15 is 0 Å². The van der Waals surface area contributed by atoms with E-state index in [4.69, 9.17) is 0 Å². The Kier molecular flexibility index (Phi) is 1.58. The molecule has 2 rings (SSSR count). The quantitative estimate of drug-likeness (QED) is 0.709. The van der Waals surface area contributed by atoms with Gasteiger partial charge in [-0.05, 0) is 28.1 Å². The SMILES string of the molecule is O=C1Cc2c(ccc(Br)c2O)N1. The molecule has 0 fully saturated rings. The standard InChI is InChI=1S/C8H6BrNO2/c9-5-1-2-6-4(8(5)12)3-7(11)10-6/h1-2,12H,3H2,(H,10,11). The van der Waals surface area contributed by atoms with E-state index in [2.05, 4.69) is 21.2 Å². The lowest BCUT2D eigenvalue weighted by Crippen LogP contribution is -2.03. The highest BCUT2D eigenvalue weighted by atomic mass is 79.9. The zero-order valence-electron chi connectivity index (χ0n) is 6.10. The smallest absolute Gasteiger partial charge is 0.229 e. The van der Waals surface area contributed by atoms with Crippen LogP contribution in [0.4, 0.5) is 5.69 Å². The molecule has 4 heteroatoms. The number of hydrogen-bond acceptors (Lipinski definition) is 2. The highest BCUT2D eigenvalue weighted by Gasteiger charge is 2.21. The second-order valence-corrected chi connectivity index (χ2v) is 3.50. The maximum atomic E-state index is 10.9. The van der Waals surface area contributed by atoms with Gasteiger partial charge in [0.05, 0.1) is 10.9 Å². The molecule has 0 aromatic heterocycles. The van der Waals surface area contributed by atoms with E-state index in [9.17, 15) is 9.90 Å². The summed E-state index contributed by atoms with van der Waals surface area (Å²) in [6.45, 7) is 0. The van der Waals surface area contributed by atoms with E-state index in [0.29, 0.717) is 15.7 Å². The number of benzene rings is 1. The summed E-state index contributed by atoms with van der Waals surface area (Å²) in [7, 11) is 0. The number of fused-ring (bicyclic) bond motifs is 1. The molecule has 0 atom stereocenters. The van der Waals surface area contributed by atoms with Crippen molar-refractivity contribution in [2.24, 2.45) is 0 Å². The highest BCUT2D eigenvalue weighted by Crippen LogP contribution is 2.36. The Hall–Kier alpha value is -1.03. The molecule has 1 aromatic carbocycles. The number of aromatic hydroxyl groups is 1. The van der Waals surface area contributed by atoms with Gasteiger partial charge in [0.25, 0.3) is 0 Å². The van der Waals surface area contributed by atoms with Crippen LogP contribution in [0.3, 0.4) is 0 Å². The van der Waals surface area contributed by atoms with Gasteiger partial charge in [0.15, 0.2) is 0 Å². The van der Waals surface area contributed by atoms with Crippen LogP contribution in [0.15, 0.2) is 16.6 Å². The Morgan fingerprint density at radius 3 is 3.00 bits per heavy atom. The third kappa shape index (κ3) is 0.992. The Balaban J connectivity index is 2.61. The molecule has 0 spiro atoms. The zero-order valence-corrected chi connectivity index (χ0v) is 7.68. The predicted molar refractivity (Wildman–Crippen MR) is 48.1 cm³/mol. The van der Waals surface area contributed by atoms with E-state index < -0.39 is 0 Å². The molecule has 0 saturated carbocycles. The first kappa shape index (κ1) is 7.61. The number of phenols is 1. The largest absolute Gasteiger partial charge is 0.506 e. The van der Waals surface area contributed by atoms with Crippen LogP contribution in [0.2, 0.25) is 0 Å². The normalized spacial score (nSPS) is 14.2. The van der Waals surface area contributed by atoms with Gasteiger partial charge in [-0.25, -0.2) is 0 Å². The van der Waals surface area contributed by atoms with E-state index in [-0.39, 0.29) is 18.1 Å². The average molecular weight is 228 g/mol. The van der Waals surface area contributed by atoms with Gasteiger partial charge in [-0.1, -0.05) is 0 Å². The molecule has 62 valence electrons. The van der Waals surface area contributed by atoms with E-state index in [1.54, 1.807) is 12.1 Å². The number of carbonyl (C=O) groups is 1. The van der Waals surface area contributed by atoms with Crippen molar-refractivity contribution >= 4 is 27.5 Å². The minimum absolute atomic E-state index is 0.0709. The molecule has 1 aliphatic heterocycles. The van der Waals surface area contributed by atoms with E-state index in [0.717, 1.165) is 0 Å². The Labute approximate surface area is 77.5 Å². The van der Waals surface area contributed by atoms with Gasteiger partial charge >= 0.3 is 0 Å². The second-order valence-electron chi connectivity index (χ2n) is 2.65. The molecule has 0 radical (unpaired) electrons. The van der Waals surface area contributed by atoms with Crippen molar-refractivity contribution in [3.05, 3.63) is 22.2 Å². The van der Waals surface area contributed by atoms with Crippen LogP contribution in [-0.2, 0) is 11.2 Å². The first-order valence-electron chi connectivity index (χ1n) is 3.48. The number of carbonyl (C=O) groups excluding carboxylic acids is 1. The van der Waals surface area contributed by atoms with Gasteiger partial charge in [0.2, 0.25) is 5.91 Å². The Morgan fingerprint density at radius 2 is 2.25 bits per heavy atom. The van der Waals surface area contributed by atoms with Gasteiger partial charge in [0.1, 0.15) is 5.75 Å². The molecule has 1 aliphatic rings. The molecule has 0 aliphatic carbocycles. The molecule has 0 saturated heterocycles. The van der Waals surface area contributed by atoms with E-state index in [1.807, 2.05) is 0 Å². The topological polar surface area (TPSA) is 49.3 Å². The maximum Gasteiger partial charge on any atom is 0.229 e. The fourth-order valence-electron chi connectivity index (χ4n) is 1.26. The Bertz CT molecular complexity index is 362. The van der Waals surface area contributed by atoms with Crippen LogP contribution in [0.5, 0.6) is 5.75 Å². The lowest BCUT2D eigenvalue weighted by Gasteiger charge is -2.01. The molecule has 1 heterocycles. The summed E-state index contributed by atoms with van der Waals surface area (Å²) in [6.07, 6.45) is 0.264. The fraction of sp³-hybridized carbons (Fsp3) is 0.125. The zero-order chi connectivity index (χ0) is 8.72. The van der Waals surface area contributed by atoms with Crippen LogP contribution >= 0.6 is 15.9 Å². The number of nitrogens with one attached hydrogen (secondary N) is 1. The summed E-state index contributed by atoms with van der Waals surface area (Å²) >= 11 is 3.18. The van der Waals surface area contributed by atoms with Gasteiger partial charge in [-0.15, -0.1) is 0 Å². The summed E-state index contributed by atoms with van der Waals surface area (Å²) in [6, 6.07) is 3.48. The number of rotatable bonds is 0. The number of halogens is 1. The first-order valence-corrected chi connectivity index (χ1v) is 4.28. The van der Waals surface area contributed by atoms with E-state index in [1.165, 1.54) is 0 Å². The molecule has 3 nitrogen and oxygen atoms in total. The summed E-state index contributed by atoms with van der Waals surface area (Å²) in [5.74, 6) is 0.0873. The summed E-state index contributed by atoms with van der Waals surface area (Å²) < 4.78 is 0.623. The van der Waals surface area contributed by atoms with Crippen LogP contribution in [-0.4, -0.2) is 11.0 Å². The van der Waals surface area contributed by atoms with Crippen LogP contribution in [0.25, 0.3) is 0 Å². The van der Waals surface area contributed by atoms with Crippen molar-refractivity contribution in [3.8, 4) is 5.75 Å². The number of amides is 1. The Morgan fingerprint density at radius 1 is 1.50 bits per heavy atom. The second kappa shape index (κ2) is 2.48. The van der Waals surface area contributed by atoms with Crippen molar-refractivity contribution in [3.63, 3.8) is 0 Å². The third-order valence-electron chi connectivity index (χ3n) is 1.84. The van der Waals surface area contributed by atoms with Gasteiger partial charge in [-0.2, -0.15) is 0 Å². The van der Waals surface area contributed by atoms with Crippen LogP contribution in [0.1, 0.15) is 5.56 Å². The minimum Gasteiger partial charge on any atom is -0.506 e. The number of anilines is 1. The molecule has 0 bridgehead atoms. The average Bonchev–Trinajstić information content (AvgIpc) is 2.39. The molecule has 12 heavy (non-hydrogen) atoms. The van der Waals surface area contributed by atoms with Gasteiger partial charge < -0.3 is 10.4 Å². The molecular formula is C8H6BrNO2. The van der Waals surface area contributed by atoms with Gasteiger partial charge in [0, 0.05) is 11.3 Å². The first-order chi connectivity index (χ1) is 5.68. The highest BCUT2D eigenvalue weighted by molar-refractivity contribution is 9.10. The molecule has 0 unspecified atom stereocenters. The fourth-order valence-corrected chi connectivity index (χ4v) is 1.63. The summed E-state index contributed by atoms with van der Waals surface area (Å²) in [5, 5.41) is 12.1. The summed E-state index contributed by atoms with van der Waals surface area (Å²) in [4.78, 5) is 10.9. The van der Waals surface area contributed by atoms with Gasteiger partial charge in [-0.3, -0.25) is 4.79 Å². The van der Waals surface area contributed by atoms with Crippen molar-refractivity contribution in [1.29, 1.82) is 0 Å². The number of phenolic OH excluding ortho intramolecular Hbond substituents is 1. The number of hydrogen-bond donors (Lipinski definition) is 2. The van der Waals surface area contributed by atoms with Crippen LogP contribution < -0.4 is 5.32 Å². The summed E-state index contributed by atoms with van der Waals surface area (Å²) in [5.41, 5.74) is 1.38. The monoisotopic (exact) mass is 227 g/mol.